The standard InChI is InChI=1S/C14H21N/c1-10-5-3-4-6-13(10)14-9-12(15)8-7-11(14)2/h3-6,11-12,14H,7-9,15H2,1-2H3. The van der Waals surface area contributed by atoms with Gasteiger partial charge in [0.1, 0.15) is 0 Å². The normalized spacial score (nSPS) is 31.5. The average molecular weight is 203 g/mol. The molecule has 0 aliphatic heterocycles. The van der Waals surface area contributed by atoms with E-state index in [2.05, 4.69) is 38.1 Å². The van der Waals surface area contributed by atoms with Crippen molar-refractivity contribution in [1.29, 1.82) is 0 Å². The third-order valence-electron chi connectivity index (χ3n) is 3.82. The van der Waals surface area contributed by atoms with Crippen LogP contribution in [0.2, 0.25) is 0 Å². The van der Waals surface area contributed by atoms with Crippen molar-refractivity contribution in [3.8, 4) is 0 Å². The largest absolute Gasteiger partial charge is 0.328 e. The molecule has 1 aliphatic rings. The molecule has 3 unspecified atom stereocenters. The van der Waals surface area contributed by atoms with Crippen molar-refractivity contribution >= 4 is 0 Å². The van der Waals surface area contributed by atoms with Gasteiger partial charge in [-0.25, -0.2) is 0 Å². The highest BCUT2D eigenvalue weighted by Crippen LogP contribution is 2.38. The van der Waals surface area contributed by atoms with Gasteiger partial charge in [0.05, 0.1) is 0 Å². The zero-order chi connectivity index (χ0) is 10.8. The molecular weight excluding hydrogens is 182 g/mol. The Bertz CT molecular complexity index is 332. The first kappa shape index (κ1) is 10.7. The maximum absolute atomic E-state index is 6.07. The quantitative estimate of drug-likeness (QED) is 0.745. The van der Waals surface area contributed by atoms with Gasteiger partial charge in [0, 0.05) is 6.04 Å². The van der Waals surface area contributed by atoms with E-state index in [0.29, 0.717) is 12.0 Å². The molecule has 1 heteroatoms. The highest BCUT2D eigenvalue weighted by Gasteiger charge is 2.27. The van der Waals surface area contributed by atoms with Crippen molar-refractivity contribution in [1.82, 2.24) is 0 Å². The van der Waals surface area contributed by atoms with Crippen LogP contribution in [0.3, 0.4) is 0 Å². The number of rotatable bonds is 1. The third kappa shape index (κ3) is 2.23. The smallest absolute Gasteiger partial charge is 0.00448 e. The summed E-state index contributed by atoms with van der Waals surface area (Å²) in [5.41, 5.74) is 9.01. The second-order valence-electron chi connectivity index (χ2n) is 5.01. The molecular formula is C14H21N. The molecule has 15 heavy (non-hydrogen) atoms. The highest BCUT2D eigenvalue weighted by molar-refractivity contribution is 5.30. The first-order valence-corrected chi connectivity index (χ1v) is 5.99. The molecule has 1 aromatic carbocycles. The zero-order valence-electron chi connectivity index (χ0n) is 9.74. The van der Waals surface area contributed by atoms with Crippen molar-refractivity contribution in [3.05, 3.63) is 35.4 Å². The van der Waals surface area contributed by atoms with E-state index < -0.39 is 0 Å². The summed E-state index contributed by atoms with van der Waals surface area (Å²) in [6.07, 6.45) is 3.63. The van der Waals surface area contributed by atoms with E-state index in [1.54, 1.807) is 0 Å². The number of nitrogens with two attached hydrogens (primary N) is 1. The summed E-state index contributed by atoms with van der Waals surface area (Å²) in [5, 5.41) is 0. The minimum absolute atomic E-state index is 0.408. The Balaban J connectivity index is 2.25. The van der Waals surface area contributed by atoms with Crippen LogP contribution >= 0.6 is 0 Å². The lowest BCUT2D eigenvalue weighted by Crippen LogP contribution is -2.31. The van der Waals surface area contributed by atoms with Crippen LogP contribution in [0.1, 0.15) is 43.2 Å². The predicted molar refractivity (Wildman–Crippen MR) is 64.9 cm³/mol. The fourth-order valence-electron chi connectivity index (χ4n) is 2.79. The van der Waals surface area contributed by atoms with Crippen LogP contribution in [0.4, 0.5) is 0 Å². The minimum Gasteiger partial charge on any atom is -0.328 e. The molecule has 1 aromatic rings. The van der Waals surface area contributed by atoms with Gasteiger partial charge >= 0.3 is 0 Å². The van der Waals surface area contributed by atoms with Gasteiger partial charge in [0.15, 0.2) is 0 Å². The number of benzene rings is 1. The molecule has 2 N–H and O–H groups in total. The lowest BCUT2D eigenvalue weighted by Gasteiger charge is -2.33. The van der Waals surface area contributed by atoms with Crippen LogP contribution in [0.5, 0.6) is 0 Å². The molecule has 0 heterocycles. The van der Waals surface area contributed by atoms with Gasteiger partial charge in [-0.05, 0) is 49.1 Å². The number of hydrogen-bond acceptors (Lipinski definition) is 1. The van der Waals surface area contributed by atoms with Crippen molar-refractivity contribution in [2.75, 3.05) is 0 Å². The Morgan fingerprint density at radius 1 is 1.20 bits per heavy atom. The molecule has 0 radical (unpaired) electrons. The first-order chi connectivity index (χ1) is 7.18. The lowest BCUT2D eigenvalue weighted by atomic mass is 9.73. The predicted octanol–water partition coefficient (Wildman–Crippen LogP) is 3.23. The molecule has 1 nitrogen and oxygen atoms in total. The highest BCUT2D eigenvalue weighted by atomic mass is 14.6. The van der Waals surface area contributed by atoms with Crippen LogP contribution in [0.15, 0.2) is 24.3 Å². The Morgan fingerprint density at radius 2 is 1.93 bits per heavy atom. The van der Waals surface area contributed by atoms with E-state index in [-0.39, 0.29) is 0 Å². The maximum atomic E-state index is 6.07. The van der Waals surface area contributed by atoms with Gasteiger partial charge in [-0.15, -0.1) is 0 Å². The molecule has 1 aliphatic carbocycles. The minimum atomic E-state index is 0.408. The van der Waals surface area contributed by atoms with Gasteiger partial charge in [-0.1, -0.05) is 31.2 Å². The van der Waals surface area contributed by atoms with Gasteiger partial charge in [0.2, 0.25) is 0 Å². The molecule has 2 rings (SSSR count). The van der Waals surface area contributed by atoms with E-state index in [9.17, 15) is 0 Å². The second-order valence-corrected chi connectivity index (χ2v) is 5.01. The fraction of sp³-hybridized carbons (Fsp3) is 0.571. The van der Waals surface area contributed by atoms with Crippen molar-refractivity contribution in [2.24, 2.45) is 11.7 Å². The van der Waals surface area contributed by atoms with E-state index in [1.165, 1.54) is 24.0 Å². The lowest BCUT2D eigenvalue weighted by molar-refractivity contribution is 0.299. The van der Waals surface area contributed by atoms with Crippen LogP contribution in [-0.2, 0) is 0 Å². The number of aryl methyl sites for hydroxylation is 1. The molecule has 1 saturated carbocycles. The molecule has 82 valence electrons. The van der Waals surface area contributed by atoms with Crippen LogP contribution in [0, 0.1) is 12.8 Å². The average Bonchev–Trinajstić information content (AvgIpc) is 2.23. The van der Waals surface area contributed by atoms with E-state index in [1.807, 2.05) is 0 Å². The molecule has 0 amide bonds. The molecule has 0 spiro atoms. The molecule has 1 fully saturated rings. The van der Waals surface area contributed by atoms with Gasteiger partial charge in [-0.3, -0.25) is 0 Å². The second kappa shape index (κ2) is 4.36. The van der Waals surface area contributed by atoms with Gasteiger partial charge < -0.3 is 5.73 Å². The Labute approximate surface area is 92.7 Å². The SMILES string of the molecule is Cc1ccccc1C1CC(N)CCC1C. The summed E-state index contributed by atoms with van der Waals surface area (Å²) in [5.74, 6) is 1.46. The monoisotopic (exact) mass is 203 g/mol. The van der Waals surface area contributed by atoms with Crippen molar-refractivity contribution in [3.63, 3.8) is 0 Å². The topological polar surface area (TPSA) is 26.0 Å². The third-order valence-corrected chi connectivity index (χ3v) is 3.82. The molecule has 3 atom stereocenters. The maximum Gasteiger partial charge on any atom is 0.00448 e. The molecule has 0 bridgehead atoms. The summed E-state index contributed by atoms with van der Waals surface area (Å²) in [6.45, 7) is 4.57. The first-order valence-electron chi connectivity index (χ1n) is 5.99. The van der Waals surface area contributed by atoms with Crippen LogP contribution in [0.25, 0.3) is 0 Å². The Morgan fingerprint density at radius 3 is 2.67 bits per heavy atom. The summed E-state index contributed by atoms with van der Waals surface area (Å²) in [4.78, 5) is 0. The fourth-order valence-corrected chi connectivity index (χ4v) is 2.79. The summed E-state index contributed by atoms with van der Waals surface area (Å²) in [6, 6.07) is 9.16. The zero-order valence-corrected chi connectivity index (χ0v) is 9.74. The van der Waals surface area contributed by atoms with E-state index in [0.717, 1.165) is 12.3 Å². The van der Waals surface area contributed by atoms with E-state index >= 15 is 0 Å². The van der Waals surface area contributed by atoms with Crippen LogP contribution in [-0.4, -0.2) is 6.04 Å². The summed E-state index contributed by atoms with van der Waals surface area (Å²) in [7, 11) is 0. The summed E-state index contributed by atoms with van der Waals surface area (Å²) >= 11 is 0. The van der Waals surface area contributed by atoms with Crippen LogP contribution < -0.4 is 5.73 Å². The molecule has 0 aromatic heterocycles. The number of hydrogen-bond donors (Lipinski definition) is 1. The Kier molecular flexibility index (Phi) is 3.11. The molecule has 0 saturated heterocycles. The van der Waals surface area contributed by atoms with Crippen molar-refractivity contribution in [2.45, 2.75) is 45.1 Å². The van der Waals surface area contributed by atoms with Gasteiger partial charge in [-0.2, -0.15) is 0 Å². The summed E-state index contributed by atoms with van der Waals surface area (Å²) < 4.78 is 0. The van der Waals surface area contributed by atoms with Crippen molar-refractivity contribution < 1.29 is 0 Å². The van der Waals surface area contributed by atoms with Gasteiger partial charge in [0.25, 0.3) is 0 Å². The Hall–Kier alpha value is -0.820. The van der Waals surface area contributed by atoms with E-state index in [4.69, 9.17) is 5.73 Å².